The molecule has 0 amide bonds. The first-order chi connectivity index (χ1) is 10.3. The average Bonchev–Trinajstić information content (AvgIpc) is 2.93. The molecule has 0 aliphatic carbocycles. The molecular formula is C17H17N3S. The molecule has 2 heterocycles. The Morgan fingerprint density at radius 2 is 1.90 bits per heavy atom. The number of nitrogens with zero attached hydrogens (tertiary/aromatic N) is 2. The van der Waals surface area contributed by atoms with E-state index < -0.39 is 0 Å². The zero-order chi connectivity index (χ0) is 14.5. The lowest BCUT2D eigenvalue weighted by Gasteiger charge is -2.09. The second-order valence-corrected chi connectivity index (χ2v) is 5.76. The standard InChI is InChI=1S/C17H17N3S/c1-13-12-21-17(19-13)20-16-8-3-2-6-14(16)9-10-15-7-4-5-11-18-15/h2-8,11-12H,9-10H2,1H3,(H,19,20). The van der Waals surface area contributed by atoms with E-state index in [1.165, 1.54) is 5.56 Å². The van der Waals surface area contributed by atoms with E-state index in [0.29, 0.717) is 0 Å². The van der Waals surface area contributed by atoms with Gasteiger partial charge in [-0.05, 0) is 43.5 Å². The van der Waals surface area contributed by atoms with Crippen LogP contribution in [0.2, 0.25) is 0 Å². The summed E-state index contributed by atoms with van der Waals surface area (Å²) in [5.41, 5.74) is 4.59. The number of thiazole rings is 1. The maximum atomic E-state index is 4.46. The van der Waals surface area contributed by atoms with Gasteiger partial charge in [-0.15, -0.1) is 11.3 Å². The van der Waals surface area contributed by atoms with E-state index in [2.05, 4.69) is 44.9 Å². The molecular weight excluding hydrogens is 278 g/mol. The van der Waals surface area contributed by atoms with E-state index in [-0.39, 0.29) is 0 Å². The maximum absolute atomic E-state index is 4.46. The summed E-state index contributed by atoms with van der Waals surface area (Å²) in [5.74, 6) is 0. The van der Waals surface area contributed by atoms with Gasteiger partial charge >= 0.3 is 0 Å². The molecule has 106 valence electrons. The minimum Gasteiger partial charge on any atom is -0.331 e. The number of benzene rings is 1. The van der Waals surface area contributed by atoms with E-state index >= 15 is 0 Å². The molecule has 1 aromatic carbocycles. The van der Waals surface area contributed by atoms with Gasteiger partial charge in [-0.1, -0.05) is 24.3 Å². The van der Waals surface area contributed by atoms with Crippen molar-refractivity contribution in [3.8, 4) is 0 Å². The van der Waals surface area contributed by atoms with Gasteiger partial charge in [-0.2, -0.15) is 0 Å². The van der Waals surface area contributed by atoms with Crippen LogP contribution in [-0.2, 0) is 12.8 Å². The number of hydrogen-bond acceptors (Lipinski definition) is 4. The first kappa shape index (κ1) is 13.8. The zero-order valence-corrected chi connectivity index (χ0v) is 12.7. The number of para-hydroxylation sites is 1. The third-order valence-corrected chi connectivity index (χ3v) is 4.13. The lowest BCUT2D eigenvalue weighted by molar-refractivity contribution is 0.915. The fourth-order valence-corrected chi connectivity index (χ4v) is 2.90. The van der Waals surface area contributed by atoms with Crippen molar-refractivity contribution in [3.63, 3.8) is 0 Å². The van der Waals surface area contributed by atoms with Crippen molar-refractivity contribution >= 4 is 22.2 Å². The minimum atomic E-state index is 0.941. The van der Waals surface area contributed by atoms with Crippen LogP contribution in [0.1, 0.15) is 17.0 Å². The fraction of sp³-hybridized carbons (Fsp3) is 0.176. The Morgan fingerprint density at radius 1 is 1.05 bits per heavy atom. The summed E-state index contributed by atoms with van der Waals surface area (Å²) in [4.78, 5) is 8.84. The molecule has 4 heteroatoms. The summed E-state index contributed by atoms with van der Waals surface area (Å²) < 4.78 is 0. The quantitative estimate of drug-likeness (QED) is 0.759. The highest BCUT2D eigenvalue weighted by Crippen LogP contribution is 2.24. The first-order valence-corrected chi connectivity index (χ1v) is 7.86. The molecule has 0 atom stereocenters. The molecule has 0 saturated heterocycles. The number of nitrogens with one attached hydrogen (secondary N) is 1. The minimum absolute atomic E-state index is 0.941. The maximum Gasteiger partial charge on any atom is 0.187 e. The SMILES string of the molecule is Cc1csc(Nc2ccccc2CCc2ccccn2)n1. The fourth-order valence-electron chi connectivity index (χ4n) is 2.20. The van der Waals surface area contributed by atoms with Crippen LogP contribution in [0, 0.1) is 6.92 Å². The lowest BCUT2D eigenvalue weighted by atomic mass is 10.1. The summed E-state index contributed by atoms with van der Waals surface area (Å²) in [6.07, 6.45) is 3.75. The average molecular weight is 295 g/mol. The Hall–Kier alpha value is -2.20. The number of hydrogen-bond donors (Lipinski definition) is 1. The molecule has 3 rings (SSSR count). The molecule has 0 unspecified atom stereocenters. The van der Waals surface area contributed by atoms with Crippen LogP contribution in [0.4, 0.5) is 10.8 Å². The largest absolute Gasteiger partial charge is 0.331 e. The van der Waals surface area contributed by atoms with Gasteiger partial charge in [0.2, 0.25) is 0 Å². The molecule has 1 N–H and O–H groups in total. The number of aromatic nitrogens is 2. The molecule has 3 aromatic rings. The summed E-state index contributed by atoms with van der Waals surface area (Å²) >= 11 is 1.63. The van der Waals surface area contributed by atoms with Crippen LogP contribution < -0.4 is 5.32 Å². The second-order valence-electron chi connectivity index (χ2n) is 4.90. The van der Waals surface area contributed by atoms with Crippen molar-refractivity contribution in [3.05, 3.63) is 71.0 Å². The molecule has 0 bridgehead atoms. The Morgan fingerprint density at radius 3 is 2.67 bits per heavy atom. The Bertz CT molecular complexity index is 707. The Balaban J connectivity index is 1.73. The zero-order valence-electron chi connectivity index (χ0n) is 11.9. The van der Waals surface area contributed by atoms with E-state index in [4.69, 9.17) is 0 Å². The highest BCUT2D eigenvalue weighted by Gasteiger charge is 2.05. The van der Waals surface area contributed by atoms with E-state index in [1.54, 1.807) is 11.3 Å². The molecule has 0 fully saturated rings. The Labute approximate surface area is 128 Å². The van der Waals surface area contributed by atoms with Crippen LogP contribution in [0.3, 0.4) is 0 Å². The molecule has 3 nitrogen and oxygen atoms in total. The van der Waals surface area contributed by atoms with Crippen molar-refractivity contribution in [2.24, 2.45) is 0 Å². The molecule has 2 aromatic heterocycles. The van der Waals surface area contributed by atoms with E-state index in [9.17, 15) is 0 Å². The predicted molar refractivity (Wildman–Crippen MR) is 88.2 cm³/mol. The summed E-state index contributed by atoms with van der Waals surface area (Å²) in [5, 5.41) is 6.41. The van der Waals surface area contributed by atoms with E-state index in [1.807, 2.05) is 31.3 Å². The van der Waals surface area contributed by atoms with Crippen molar-refractivity contribution < 1.29 is 0 Å². The summed E-state index contributed by atoms with van der Waals surface area (Å²) in [6, 6.07) is 14.4. The molecule has 0 radical (unpaired) electrons. The third-order valence-electron chi connectivity index (χ3n) is 3.25. The van der Waals surface area contributed by atoms with Gasteiger partial charge in [0.25, 0.3) is 0 Å². The van der Waals surface area contributed by atoms with Crippen LogP contribution >= 0.6 is 11.3 Å². The highest BCUT2D eigenvalue weighted by atomic mass is 32.1. The lowest BCUT2D eigenvalue weighted by Crippen LogP contribution is -1.99. The van der Waals surface area contributed by atoms with Gasteiger partial charge in [0.05, 0.1) is 5.69 Å². The third kappa shape index (κ3) is 3.67. The van der Waals surface area contributed by atoms with Crippen molar-refractivity contribution in [2.45, 2.75) is 19.8 Å². The van der Waals surface area contributed by atoms with Gasteiger partial charge in [0.1, 0.15) is 0 Å². The number of anilines is 2. The number of aryl methyl sites for hydroxylation is 3. The Kier molecular flexibility index (Phi) is 4.26. The number of rotatable bonds is 5. The van der Waals surface area contributed by atoms with Crippen molar-refractivity contribution in [1.82, 2.24) is 9.97 Å². The van der Waals surface area contributed by atoms with Crippen LogP contribution in [0.25, 0.3) is 0 Å². The van der Waals surface area contributed by atoms with Crippen molar-refractivity contribution in [2.75, 3.05) is 5.32 Å². The molecule has 0 aliphatic rings. The number of pyridine rings is 1. The van der Waals surface area contributed by atoms with E-state index in [0.717, 1.165) is 35.0 Å². The van der Waals surface area contributed by atoms with Gasteiger partial charge in [-0.25, -0.2) is 4.98 Å². The van der Waals surface area contributed by atoms with Crippen LogP contribution in [0.15, 0.2) is 54.0 Å². The van der Waals surface area contributed by atoms with Gasteiger partial charge in [0, 0.05) is 23.0 Å². The molecule has 0 saturated carbocycles. The van der Waals surface area contributed by atoms with Crippen LogP contribution in [0.5, 0.6) is 0 Å². The van der Waals surface area contributed by atoms with Crippen LogP contribution in [-0.4, -0.2) is 9.97 Å². The predicted octanol–water partition coefficient (Wildman–Crippen LogP) is 4.38. The van der Waals surface area contributed by atoms with Crippen molar-refractivity contribution in [1.29, 1.82) is 0 Å². The smallest absolute Gasteiger partial charge is 0.187 e. The second kappa shape index (κ2) is 6.50. The highest BCUT2D eigenvalue weighted by molar-refractivity contribution is 7.13. The molecule has 0 aliphatic heterocycles. The summed E-state index contributed by atoms with van der Waals surface area (Å²) in [7, 11) is 0. The molecule has 21 heavy (non-hydrogen) atoms. The normalized spacial score (nSPS) is 10.5. The summed E-state index contributed by atoms with van der Waals surface area (Å²) in [6.45, 7) is 2.01. The monoisotopic (exact) mass is 295 g/mol. The molecule has 0 spiro atoms. The first-order valence-electron chi connectivity index (χ1n) is 6.98. The van der Waals surface area contributed by atoms with Gasteiger partial charge in [-0.3, -0.25) is 4.98 Å². The van der Waals surface area contributed by atoms with Gasteiger partial charge < -0.3 is 5.32 Å². The topological polar surface area (TPSA) is 37.8 Å². The van der Waals surface area contributed by atoms with Gasteiger partial charge in [0.15, 0.2) is 5.13 Å².